The summed E-state index contributed by atoms with van der Waals surface area (Å²) in [6, 6.07) is 5.69. The number of amides is 2. The Morgan fingerprint density at radius 3 is 2.62 bits per heavy atom. The van der Waals surface area contributed by atoms with Crippen LogP contribution in [0.15, 0.2) is 18.2 Å². The van der Waals surface area contributed by atoms with Crippen molar-refractivity contribution in [3.63, 3.8) is 0 Å². The highest BCUT2D eigenvalue weighted by Crippen LogP contribution is 2.46. The van der Waals surface area contributed by atoms with E-state index < -0.39 is 0 Å². The first-order valence-electron chi connectivity index (χ1n) is 8.27. The van der Waals surface area contributed by atoms with Crippen molar-refractivity contribution >= 4 is 35.2 Å². The molecule has 0 radical (unpaired) electrons. The molecule has 1 aromatic rings. The molecule has 2 aliphatic rings. The van der Waals surface area contributed by atoms with Crippen LogP contribution in [0.2, 0.25) is 5.02 Å². The molecule has 2 unspecified atom stereocenters. The highest BCUT2D eigenvalue weighted by Gasteiger charge is 2.57. The third-order valence-electron chi connectivity index (χ3n) is 5.07. The summed E-state index contributed by atoms with van der Waals surface area (Å²) in [5, 5.41) is 3.77. The van der Waals surface area contributed by atoms with Gasteiger partial charge in [0.2, 0.25) is 5.91 Å². The fourth-order valence-electron chi connectivity index (χ4n) is 3.45. The SMILES string of the molecule is CSCC(C)C(=O)NC1[C@H]2CN(C(=O)c3ccc(C)c(Cl)c3)C[C@@H]12. The van der Waals surface area contributed by atoms with Gasteiger partial charge in [0.1, 0.15) is 0 Å². The van der Waals surface area contributed by atoms with Crippen molar-refractivity contribution in [1.82, 2.24) is 10.2 Å². The van der Waals surface area contributed by atoms with Gasteiger partial charge in [-0.15, -0.1) is 0 Å². The predicted molar refractivity (Wildman–Crippen MR) is 98.5 cm³/mol. The number of nitrogens with zero attached hydrogens (tertiary/aromatic N) is 1. The van der Waals surface area contributed by atoms with Crippen molar-refractivity contribution < 1.29 is 9.59 Å². The minimum absolute atomic E-state index is 0.0323. The molecule has 1 aliphatic heterocycles. The summed E-state index contributed by atoms with van der Waals surface area (Å²) in [7, 11) is 0. The van der Waals surface area contributed by atoms with E-state index in [2.05, 4.69) is 5.32 Å². The highest BCUT2D eigenvalue weighted by atomic mass is 35.5. The Balaban J connectivity index is 1.53. The van der Waals surface area contributed by atoms with Crippen LogP contribution in [0.5, 0.6) is 0 Å². The fraction of sp³-hybridized carbons (Fsp3) is 0.556. The fourth-order valence-corrected chi connectivity index (χ4v) is 4.28. The van der Waals surface area contributed by atoms with Crippen LogP contribution in [0.4, 0.5) is 0 Å². The molecular formula is C18H23ClN2O2S. The van der Waals surface area contributed by atoms with Crippen molar-refractivity contribution in [2.24, 2.45) is 17.8 Å². The lowest BCUT2D eigenvalue weighted by Gasteiger charge is -2.21. The van der Waals surface area contributed by atoms with Crippen LogP contribution in [0, 0.1) is 24.7 Å². The number of likely N-dealkylation sites (tertiary alicyclic amines) is 1. The summed E-state index contributed by atoms with van der Waals surface area (Å²) in [6.45, 7) is 5.32. The van der Waals surface area contributed by atoms with Gasteiger partial charge >= 0.3 is 0 Å². The van der Waals surface area contributed by atoms with Gasteiger partial charge in [-0.3, -0.25) is 9.59 Å². The maximum Gasteiger partial charge on any atom is 0.253 e. The van der Waals surface area contributed by atoms with Crippen molar-refractivity contribution in [2.45, 2.75) is 19.9 Å². The highest BCUT2D eigenvalue weighted by molar-refractivity contribution is 7.98. The maximum atomic E-state index is 12.6. The molecule has 2 amide bonds. The average molecular weight is 367 g/mol. The van der Waals surface area contributed by atoms with E-state index in [0.717, 1.165) is 24.4 Å². The lowest BCUT2D eigenvalue weighted by atomic mass is 10.1. The average Bonchev–Trinajstić information content (AvgIpc) is 2.99. The van der Waals surface area contributed by atoms with E-state index in [1.807, 2.05) is 37.1 Å². The van der Waals surface area contributed by atoms with Crippen LogP contribution in [0.1, 0.15) is 22.8 Å². The van der Waals surface area contributed by atoms with E-state index in [9.17, 15) is 9.59 Å². The number of aryl methyl sites for hydroxylation is 1. The monoisotopic (exact) mass is 366 g/mol. The van der Waals surface area contributed by atoms with Crippen LogP contribution in [-0.4, -0.2) is 47.9 Å². The Morgan fingerprint density at radius 1 is 1.38 bits per heavy atom. The summed E-state index contributed by atoms with van der Waals surface area (Å²) in [4.78, 5) is 26.6. The molecule has 3 rings (SSSR count). The second kappa shape index (κ2) is 6.96. The summed E-state index contributed by atoms with van der Waals surface area (Å²) in [5.41, 5.74) is 1.61. The van der Waals surface area contributed by atoms with E-state index in [0.29, 0.717) is 22.4 Å². The molecule has 6 heteroatoms. The Kier molecular flexibility index (Phi) is 5.11. The van der Waals surface area contributed by atoms with E-state index in [1.54, 1.807) is 17.8 Å². The van der Waals surface area contributed by atoms with Gasteiger partial charge in [0.15, 0.2) is 0 Å². The molecule has 0 bridgehead atoms. The van der Waals surface area contributed by atoms with Gasteiger partial charge in [0, 0.05) is 53.2 Å². The molecule has 4 atom stereocenters. The molecule has 130 valence electrons. The number of piperidine rings is 1. The first-order chi connectivity index (χ1) is 11.4. The predicted octanol–water partition coefficient (Wildman–Crippen LogP) is 2.83. The van der Waals surface area contributed by atoms with Crippen molar-refractivity contribution in [3.8, 4) is 0 Å². The Bertz CT molecular complexity index is 654. The Morgan fingerprint density at radius 2 is 2.04 bits per heavy atom. The number of benzene rings is 1. The van der Waals surface area contributed by atoms with Crippen molar-refractivity contribution in [2.75, 3.05) is 25.1 Å². The molecule has 1 aromatic carbocycles. The Labute approximate surface area is 152 Å². The second-order valence-corrected chi connectivity index (χ2v) is 8.21. The summed E-state index contributed by atoms with van der Waals surface area (Å²) < 4.78 is 0. The second-order valence-electron chi connectivity index (χ2n) is 6.89. The molecule has 0 aromatic heterocycles. The standard InChI is InChI=1S/C18H23ClN2O2S/c1-10-4-5-12(6-15(10)19)18(23)21-7-13-14(8-21)16(13)20-17(22)11(2)9-24-3/h4-6,11,13-14,16H,7-9H2,1-3H3,(H,20,22)/t11?,13-,14+,16?. The molecule has 1 aliphatic carbocycles. The van der Waals surface area contributed by atoms with Gasteiger partial charge in [-0.2, -0.15) is 11.8 Å². The number of fused-ring (bicyclic) bond motifs is 1. The number of rotatable bonds is 5. The van der Waals surface area contributed by atoms with Gasteiger partial charge in [-0.25, -0.2) is 0 Å². The molecule has 2 fully saturated rings. The van der Waals surface area contributed by atoms with E-state index >= 15 is 0 Å². The van der Waals surface area contributed by atoms with Crippen molar-refractivity contribution in [1.29, 1.82) is 0 Å². The molecule has 1 heterocycles. The lowest BCUT2D eigenvalue weighted by molar-refractivity contribution is -0.124. The van der Waals surface area contributed by atoms with Gasteiger partial charge in [-0.05, 0) is 30.9 Å². The first-order valence-corrected chi connectivity index (χ1v) is 10.0. The third-order valence-corrected chi connectivity index (χ3v) is 6.31. The third kappa shape index (κ3) is 3.42. The van der Waals surface area contributed by atoms with Crippen LogP contribution in [-0.2, 0) is 4.79 Å². The van der Waals surface area contributed by atoms with Crippen LogP contribution >= 0.6 is 23.4 Å². The van der Waals surface area contributed by atoms with Crippen LogP contribution in [0.25, 0.3) is 0 Å². The minimum Gasteiger partial charge on any atom is -0.352 e. The van der Waals surface area contributed by atoms with Gasteiger partial charge in [0.25, 0.3) is 5.91 Å². The Hall–Kier alpha value is -1.20. The maximum absolute atomic E-state index is 12.6. The molecule has 1 saturated heterocycles. The zero-order valence-corrected chi connectivity index (χ0v) is 15.8. The molecule has 4 nitrogen and oxygen atoms in total. The number of carbonyl (C=O) groups is 2. The number of hydrogen-bond donors (Lipinski definition) is 1. The number of thioether (sulfide) groups is 1. The molecule has 1 N–H and O–H groups in total. The summed E-state index contributed by atoms with van der Waals surface area (Å²) in [5.74, 6) is 1.85. The first kappa shape index (κ1) is 17.6. The zero-order chi connectivity index (χ0) is 17.4. The number of hydrogen-bond acceptors (Lipinski definition) is 3. The minimum atomic E-state index is 0.0323. The number of halogens is 1. The summed E-state index contributed by atoms with van der Waals surface area (Å²) in [6.07, 6.45) is 2.01. The number of carbonyl (C=O) groups excluding carboxylic acids is 2. The van der Waals surface area contributed by atoms with E-state index in [4.69, 9.17) is 11.6 Å². The molecular weight excluding hydrogens is 344 g/mol. The normalized spacial score (nSPS) is 26.0. The van der Waals surface area contributed by atoms with Crippen LogP contribution < -0.4 is 5.32 Å². The number of nitrogens with one attached hydrogen (secondary N) is 1. The molecule has 1 saturated carbocycles. The lowest BCUT2D eigenvalue weighted by Crippen LogP contribution is -2.39. The van der Waals surface area contributed by atoms with Gasteiger partial charge in [-0.1, -0.05) is 24.6 Å². The van der Waals surface area contributed by atoms with Crippen molar-refractivity contribution in [3.05, 3.63) is 34.3 Å². The largest absolute Gasteiger partial charge is 0.352 e. The summed E-state index contributed by atoms with van der Waals surface area (Å²) >= 11 is 7.80. The topological polar surface area (TPSA) is 49.4 Å². The van der Waals surface area contributed by atoms with Gasteiger partial charge in [0.05, 0.1) is 0 Å². The molecule has 24 heavy (non-hydrogen) atoms. The quantitative estimate of drug-likeness (QED) is 0.871. The van der Waals surface area contributed by atoms with E-state index in [-0.39, 0.29) is 23.8 Å². The molecule has 0 spiro atoms. The van der Waals surface area contributed by atoms with Gasteiger partial charge < -0.3 is 10.2 Å². The zero-order valence-electron chi connectivity index (χ0n) is 14.2. The van der Waals surface area contributed by atoms with Crippen LogP contribution in [0.3, 0.4) is 0 Å². The van der Waals surface area contributed by atoms with E-state index in [1.165, 1.54) is 0 Å². The smallest absolute Gasteiger partial charge is 0.253 e.